The Hall–Kier alpha value is -1.81. The number of carbonyl (C=O) groups excluding carboxylic acids is 1. The van der Waals surface area contributed by atoms with Gasteiger partial charge in [-0.05, 0) is 31.2 Å². The van der Waals surface area contributed by atoms with E-state index in [1.807, 2.05) is 20.0 Å². The molecule has 5 heteroatoms. The molecule has 0 aliphatic heterocycles. The summed E-state index contributed by atoms with van der Waals surface area (Å²) in [7, 11) is 3.35. The van der Waals surface area contributed by atoms with Crippen molar-refractivity contribution in [1.82, 2.24) is 9.78 Å². The number of ketones is 1. The third-order valence-corrected chi connectivity index (χ3v) is 3.14. The van der Waals surface area contributed by atoms with E-state index in [-0.39, 0.29) is 12.2 Å². The van der Waals surface area contributed by atoms with E-state index < -0.39 is 0 Å². The van der Waals surface area contributed by atoms with Crippen molar-refractivity contribution in [1.29, 1.82) is 0 Å². The fraction of sp³-hybridized carbons (Fsp3) is 0.286. The highest BCUT2D eigenvalue weighted by Gasteiger charge is 2.15. The van der Waals surface area contributed by atoms with Crippen molar-refractivity contribution in [3.05, 3.63) is 46.2 Å². The largest absolute Gasteiger partial charge is 0.496 e. The summed E-state index contributed by atoms with van der Waals surface area (Å²) < 4.78 is 6.91. The zero-order chi connectivity index (χ0) is 14.0. The Balaban J connectivity index is 2.27. The van der Waals surface area contributed by atoms with Gasteiger partial charge in [0.05, 0.1) is 24.8 Å². The topological polar surface area (TPSA) is 44.1 Å². The second-order valence-corrected chi connectivity index (χ2v) is 4.78. The summed E-state index contributed by atoms with van der Waals surface area (Å²) in [5, 5.41) is 4.77. The number of aromatic nitrogens is 2. The van der Waals surface area contributed by atoms with Crippen molar-refractivity contribution in [3.63, 3.8) is 0 Å². The lowest BCUT2D eigenvalue weighted by Gasteiger charge is -2.08. The van der Waals surface area contributed by atoms with Crippen molar-refractivity contribution >= 4 is 17.4 Å². The highest BCUT2D eigenvalue weighted by Crippen LogP contribution is 2.24. The summed E-state index contributed by atoms with van der Waals surface area (Å²) in [6.45, 7) is 1.90. The Bertz CT molecular complexity index is 620. The quantitative estimate of drug-likeness (QED) is 0.808. The van der Waals surface area contributed by atoms with Crippen LogP contribution in [0.5, 0.6) is 5.75 Å². The van der Waals surface area contributed by atoms with E-state index in [2.05, 4.69) is 5.10 Å². The summed E-state index contributed by atoms with van der Waals surface area (Å²) >= 11 is 5.88. The molecule has 4 nitrogen and oxygen atoms in total. The van der Waals surface area contributed by atoms with Gasteiger partial charge in [-0.15, -0.1) is 0 Å². The van der Waals surface area contributed by atoms with E-state index in [0.29, 0.717) is 16.3 Å². The zero-order valence-electron chi connectivity index (χ0n) is 11.1. The Kier molecular flexibility index (Phi) is 3.90. The highest BCUT2D eigenvalue weighted by atomic mass is 35.5. The summed E-state index contributed by atoms with van der Waals surface area (Å²) in [6.07, 6.45) is 0.287. The van der Waals surface area contributed by atoms with Crippen LogP contribution in [-0.4, -0.2) is 22.7 Å². The smallest absolute Gasteiger partial charge is 0.172 e. The normalized spacial score (nSPS) is 10.5. The summed E-state index contributed by atoms with van der Waals surface area (Å²) in [4.78, 5) is 12.3. The Labute approximate surface area is 116 Å². The van der Waals surface area contributed by atoms with Crippen molar-refractivity contribution in [2.75, 3.05) is 7.11 Å². The van der Waals surface area contributed by atoms with Gasteiger partial charge < -0.3 is 4.74 Å². The van der Waals surface area contributed by atoms with Crippen LogP contribution in [0.3, 0.4) is 0 Å². The molecule has 19 heavy (non-hydrogen) atoms. The molecule has 0 amide bonds. The lowest BCUT2D eigenvalue weighted by Crippen LogP contribution is -2.09. The number of halogens is 1. The van der Waals surface area contributed by atoms with Gasteiger partial charge in [-0.1, -0.05) is 11.6 Å². The Morgan fingerprint density at radius 2 is 2.16 bits per heavy atom. The number of Topliss-reactive ketones (excluding diaryl/α,β-unsaturated/α-hetero) is 1. The predicted octanol–water partition coefficient (Wildman–Crippen LogP) is 2.82. The summed E-state index contributed by atoms with van der Waals surface area (Å²) in [5.41, 5.74) is 2.30. The number of aryl methyl sites for hydroxylation is 2. The van der Waals surface area contributed by atoms with Gasteiger partial charge in [0.25, 0.3) is 0 Å². The van der Waals surface area contributed by atoms with Crippen LogP contribution in [0, 0.1) is 6.92 Å². The van der Waals surface area contributed by atoms with Crippen molar-refractivity contribution in [2.24, 2.45) is 7.05 Å². The number of hydrogen-bond donors (Lipinski definition) is 0. The highest BCUT2D eigenvalue weighted by molar-refractivity contribution is 6.30. The molecule has 0 unspecified atom stereocenters. The number of carbonyl (C=O) groups is 1. The number of hydrogen-bond acceptors (Lipinski definition) is 3. The predicted molar refractivity (Wildman–Crippen MR) is 74.0 cm³/mol. The van der Waals surface area contributed by atoms with E-state index in [1.54, 1.807) is 22.9 Å². The number of rotatable bonds is 4. The van der Waals surface area contributed by atoms with Gasteiger partial charge in [-0.2, -0.15) is 5.10 Å². The van der Waals surface area contributed by atoms with E-state index in [9.17, 15) is 4.79 Å². The molecule has 0 aliphatic rings. The van der Waals surface area contributed by atoms with Gasteiger partial charge in [-0.25, -0.2) is 0 Å². The lowest BCUT2D eigenvalue weighted by atomic mass is 10.1. The van der Waals surface area contributed by atoms with Crippen molar-refractivity contribution in [2.45, 2.75) is 13.3 Å². The molecule has 0 atom stereocenters. The number of nitrogens with zero attached hydrogens (tertiary/aromatic N) is 2. The molecule has 0 radical (unpaired) electrons. The van der Waals surface area contributed by atoms with Crippen LogP contribution in [0.25, 0.3) is 0 Å². The second-order valence-electron chi connectivity index (χ2n) is 4.35. The van der Waals surface area contributed by atoms with Crippen LogP contribution in [0.1, 0.15) is 21.7 Å². The first kappa shape index (κ1) is 13.6. The average molecular weight is 279 g/mol. The first-order valence-corrected chi connectivity index (χ1v) is 6.25. The number of methoxy groups -OCH3 is 1. The summed E-state index contributed by atoms with van der Waals surface area (Å²) in [6, 6.07) is 6.92. The van der Waals surface area contributed by atoms with Gasteiger partial charge in [-0.3, -0.25) is 9.48 Å². The van der Waals surface area contributed by atoms with Crippen molar-refractivity contribution < 1.29 is 9.53 Å². The molecule has 0 bridgehead atoms. The molecule has 0 saturated heterocycles. The Morgan fingerprint density at radius 1 is 1.42 bits per heavy atom. The molecule has 1 heterocycles. The average Bonchev–Trinajstić information content (AvgIpc) is 2.67. The minimum Gasteiger partial charge on any atom is -0.496 e. The van der Waals surface area contributed by atoms with E-state index >= 15 is 0 Å². The number of ether oxygens (including phenoxy) is 1. The first-order chi connectivity index (χ1) is 9.01. The molecule has 1 aromatic carbocycles. The van der Waals surface area contributed by atoms with E-state index in [1.165, 1.54) is 7.11 Å². The molecule has 100 valence electrons. The van der Waals surface area contributed by atoms with Crippen LogP contribution in [0.4, 0.5) is 0 Å². The number of benzene rings is 1. The van der Waals surface area contributed by atoms with Crippen LogP contribution in [0.15, 0.2) is 24.3 Å². The minimum atomic E-state index is -0.0171. The zero-order valence-corrected chi connectivity index (χ0v) is 11.9. The lowest BCUT2D eigenvalue weighted by molar-refractivity contribution is 0.0988. The fourth-order valence-electron chi connectivity index (χ4n) is 1.98. The van der Waals surface area contributed by atoms with Gasteiger partial charge in [0.2, 0.25) is 0 Å². The van der Waals surface area contributed by atoms with Gasteiger partial charge in [0.1, 0.15) is 5.75 Å². The SMILES string of the molecule is COc1cc(Cl)ccc1C(=O)Cc1cc(C)nn1C. The third kappa shape index (κ3) is 2.96. The molecule has 0 aliphatic carbocycles. The van der Waals surface area contributed by atoms with Gasteiger partial charge in [0, 0.05) is 17.8 Å². The molecule has 1 aromatic heterocycles. The van der Waals surface area contributed by atoms with Gasteiger partial charge >= 0.3 is 0 Å². The van der Waals surface area contributed by atoms with E-state index in [0.717, 1.165) is 11.4 Å². The van der Waals surface area contributed by atoms with Crippen LogP contribution in [-0.2, 0) is 13.5 Å². The molecular weight excluding hydrogens is 264 g/mol. The van der Waals surface area contributed by atoms with Crippen LogP contribution < -0.4 is 4.74 Å². The molecule has 0 saturated carbocycles. The van der Waals surface area contributed by atoms with Crippen molar-refractivity contribution in [3.8, 4) is 5.75 Å². The second kappa shape index (κ2) is 5.45. The molecular formula is C14H15ClN2O2. The standard InChI is InChI=1S/C14H15ClN2O2/c1-9-6-11(17(2)16-9)8-13(18)12-5-4-10(15)7-14(12)19-3/h4-7H,8H2,1-3H3. The maximum Gasteiger partial charge on any atom is 0.172 e. The minimum absolute atomic E-state index is 0.0171. The molecule has 2 aromatic rings. The van der Waals surface area contributed by atoms with Crippen LogP contribution >= 0.6 is 11.6 Å². The summed E-state index contributed by atoms with van der Waals surface area (Å²) in [5.74, 6) is 0.480. The molecule has 0 spiro atoms. The first-order valence-electron chi connectivity index (χ1n) is 5.87. The molecule has 0 fully saturated rings. The van der Waals surface area contributed by atoms with E-state index in [4.69, 9.17) is 16.3 Å². The van der Waals surface area contributed by atoms with Crippen LogP contribution in [0.2, 0.25) is 5.02 Å². The maximum atomic E-state index is 12.3. The molecule has 2 rings (SSSR count). The molecule has 0 N–H and O–H groups in total. The Morgan fingerprint density at radius 3 is 2.74 bits per heavy atom. The maximum absolute atomic E-state index is 12.3. The van der Waals surface area contributed by atoms with Gasteiger partial charge in [0.15, 0.2) is 5.78 Å². The third-order valence-electron chi connectivity index (χ3n) is 2.90. The fourth-order valence-corrected chi connectivity index (χ4v) is 2.15. The monoisotopic (exact) mass is 278 g/mol.